The van der Waals surface area contributed by atoms with Crippen molar-refractivity contribution in [2.24, 2.45) is 0 Å². The molecule has 3 nitrogen and oxygen atoms in total. The molecule has 2 N–H and O–H groups in total. The summed E-state index contributed by atoms with van der Waals surface area (Å²) in [4.78, 5) is 0. The first-order chi connectivity index (χ1) is 13.2. The van der Waals surface area contributed by atoms with Crippen LogP contribution in [0, 0.1) is 0 Å². The van der Waals surface area contributed by atoms with Crippen molar-refractivity contribution in [2.45, 2.75) is 58.2 Å². The number of aromatic nitrogens is 1. The molecule has 1 aromatic heterocycles. The van der Waals surface area contributed by atoms with Gasteiger partial charge in [0.25, 0.3) is 0 Å². The van der Waals surface area contributed by atoms with Crippen LogP contribution in [0.25, 0.3) is 22.0 Å². The van der Waals surface area contributed by atoms with Crippen LogP contribution < -0.4 is 5.46 Å². The van der Waals surface area contributed by atoms with Crippen molar-refractivity contribution < 1.29 is 10.0 Å². The first kappa shape index (κ1) is 20.9. The molecule has 0 spiro atoms. The monoisotopic (exact) mass is 393 g/mol. The van der Waals surface area contributed by atoms with Gasteiger partial charge in [0.15, 0.2) is 8.24 Å². The Morgan fingerprint density at radius 3 is 1.86 bits per heavy atom. The number of rotatable bonds is 6. The van der Waals surface area contributed by atoms with E-state index in [-0.39, 0.29) is 0 Å². The first-order valence-corrected chi connectivity index (χ1v) is 12.5. The lowest BCUT2D eigenvalue weighted by atomic mass is 9.80. The maximum absolute atomic E-state index is 10.1. The lowest BCUT2D eigenvalue weighted by Gasteiger charge is -2.44. The number of hydrogen-bond acceptors (Lipinski definition) is 2. The molecule has 0 saturated carbocycles. The summed E-state index contributed by atoms with van der Waals surface area (Å²) in [7, 11) is -3.49. The predicted molar refractivity (Wildman–Crippen MR) is 124 cm³/mol. The fourth-order valence-electron chi connectivity index (χ4n) is 5.42. The summed E-state index contributed by atoms with van der Waals surface area (Å²) in [5.74, 6) is 0. The highest BCUT2D eigenvalue weighted by atomic mass is 28.3. The van der Waals surface area contributed by atoms with E-state index in [0.717, 1.165) is 16.5 Å². The van der Waals surface area contributed by atoms with Gasteiger partial charge in [0.05, 0.1) is 0 Å². The van der Waals surface area contributed by atoms with Crippen LogP contribution in [-0.2, 0) is 0 Å². The highest BCUT2D eigenvalue weighted by Gasteiger charge is 2.46. The zero-order valence-corrected chi connectivity index (χ0v) is 18.8. The molecule has 1 heterocycles. The van der Waals surface area contributed by atoms with Crippen LogP contribution in [0.15, 0.2) is 54.7 Å². The summed E-state index contributed by atoms with van der Waals surface area (Å²) in [5.41, 5.74) is 5.62. The minimum Gasteiger partial charge on any atom is -0.423 e. The summed E-state index contributed by atoms with van der Waals surface area (Å²) in [6.45, 7) is 14.0. The Morgan fingerprint density at radius 1 is 0.786 bits per heavy atom. The Kier molecular flexibility index (Phi) is 5.90. The minimum absolute atomic E-state index is 0.521. The summed E-state index contributed by atoms with van der Waals surface area (Å²) in [6, 6.07) is 16.7. The molecule has 0 saturated heterocycles. The van der Waals surface area contributed by atoms with Gasteiger partial charge in [0.1, 0.15) is 0 Å². The SMILES string of the molecule is CC(C)[Si](C(C)C)(C(C)C)n1cc(B(O)O)c2ccc(-c3ccccc3)cc21. The van der Waals surface area contributed by atoms with Crippen molar-refractivity contribution in [2.75, 3.05) is 0 Å². The van der Waals surface area contributed by atoms with E-state index in [1.165, 1.54) is 5.56 Å². The van der Waals surface area contributed by atoms with Gasteiger partial charge in [-0.3, -0.25) is 0 Å². The topological polar surface area (TPSA) is 45.4 Å². The van der Waals surface area contributed by atoms with Crippen LogP contribution in [0.1, 0.15) is 41.5 Å². The van der Waals surface area contributed by atoms with Crippen LogP contribution in [-0.4, -0.2) is 29.6 Å². The molecule has 3 aromatic rings. The van der Waals surface area contributed by atoms with Crippen LogP contribution in [0.3, 0.4) is 0 Å². The van der Waals surface area contributed by atoms with Crippen molar-refractivity contribution in [3.8, 4) is 11.1 Å². The molecule has 0 aliphatic rings. The first-order valence-electron chi connectivity index (χ1n) is 10.3. The van der Waals surface area contributed by atoms with Crippen molar-refractivity contribution >= 4 is 31.7 Å². The molecule has 0 aliphatic heterocycles. The largest absolute Gasteiger partial charge is 0.490 e. The van der Waals surface area contributed by atoms with Gasteiger partial charge >= 0.3 is 7.12 Å². The summed E-state index contributed by atoms with van der Waals surface area (Å²) < 4.78 is 2.46. The van der Waals surface area contributed by atoms with Crippen LogP contribution in [0.5, 0.6) is 0 Å². The van der Waals surface area contributed by atoms with Crippen molar-refractivity contribution in [3.63, 3.8) is 0 Å². The highest BCUT2D eigenvalue weighted by molar-refractivity contribution is 6.83. The third-order valence-corrected chi connectivity index (χ3v) is 13.2. The fraction of sp³-hybridized carbons (Fsp3) is 0.391. The summed E-state index contributed by atoms with van der Waals surface area (Å²) >= 11 is 0. The Balaban J connectivity index is 2.37. The standard InChI is InChI=1S/C23H32BNO2Si/c1-16(2)28(17(3)4,18(5)6)25-15-22(24(26)27)21-13-12-20(14-23(21)25)19-10-8-7-9-11-19/h7-18,26-27H,1-6H3. The lowest BCUT2D eigenvalue weighted by Crippen LogP contribution is -2.52. The van der Waals surface area contributed by atoms with Gasteiger partial charge in [-0.25, -0.2) is 0 Å². The van der Waals surface area contributed by atoms with Gasteiger partial charge in [-0.2, -0.15) is 0 Å². The average molecular weight is 393 g/mol. The molecule has 0 fully saturated rings. The Hall–Kier alpha value is -1.82. The number of benzene rings is 2. The van der Waals surface area contributed by atoms with Gasteiger partial charge in [0.2, 0.25) is 0 Å². The smallest absolute Gasteiger partial charge is 0.423 e. The Labute approximate surface area is 170 Å². The van der Waals surface area contributed by atoms with E-state index in [0.29, 0.717) is 22.1 Å². The van der Waals surface area contributed by atoms with Crippen LogP contribution in [0.4, 0.5) is 0 Å². The van der Waals surface area contributed by atoms with Gasteiger partial charge < -0.3 is 14.3 Å². The van der Waals surface area contributed by atoms with Crippen molar-refractivity contribution in [3.05, 3.63) is 54.7 Å². The summed E-state index contributed by atoms with van der Waals surface area (Å²) in [5, 5.41) is 21.1. The van der Waals surface area contributed by atoms with Crippen molar-refractivity contribution in [1.82, 2.24) is 4.23 Å². The number of hydrogen-bond donors (Lipinski definition) is 2. The van der Waals surface area contributed by atoms with Gasteiger partial charge in [0, 0.05) is 11.0 Å². The summed E-state index contributed by atoms with van der Waals surface area (Å²) in [6.07, 6.45) is 2.02. The fourth-order valence-corrected chi connectivity index (χ4v) is 12.1. The second-order valence-corrected chi connectivity index (χ2v) is 14.5. The minimum atomic E-state index is -2.02. The second kappa shape index (κ2) is 7.90. The van der Waals surface area contributed by atoms with Gasteiger partial charge in [-0.15, -0.1) is 0 Å². The average Bonchev–Trinajstić information content (AvgIpc) is 3.01. The quantitative estimate of drug-likeness (QED) is 0.578. The van der Waals surface area contributed by atoms with E-state index in [2.05, 4.69) is 82.2 Å². The van der Waals surface area contributed by atoms with E-state index in [4.69, 9.17) is 0 Å². The maximum Gasteiger partial charge on any atom is 0.490 e. The Morgan fingerprint density at radius 2 is 1.36 bits per heavy atom. The molecule has 28 heavy (non-hydrogen) atoms. The lowest BCUT2D eigenvalue weighted by molar-refractivity contribution is 0.426. The molecular formula is C23H32BNO2Si. The number of fused-ring (bicyclic) bond motifs is 1. The highest BCUT2D eigenvalue weighted by Crippen LogP contribution is 2.44. The molecule has 148 valence electrons. The van der Waals surface area contributed by atoms with E-state index >= 15 is 0 Å². The van der Waals surface area contributed by atoms with E-state index < -0.39 is 15.4 Å². The zero-order chi connectivity index (χ0) is 20.6. The molecule has 0 amide bonds. The second-order valence-electron chi connectivity index (χ2n) is 8.78. The van der Waals surface area contributed by atoms with E-state index in [1.807, 2.05) is 18.3 Å². The normalized spacial score (nSPS) is 12.5. The molecule has 3 rings (SSSR count). The number of nitrogens with zero attached hydrogens (tertiary/aromatic N) is 1. The molecule has 5 heteroatoms. The van der Waals surface area contributed by atoms with Crippen LogP contribution >= 0.6 is 0 Å². The maximum atomic E-state index is 10.1. The third-order valence-electron chi connectivity index (χ3n) is 6.41. The molecule has 0 atom stereocenters. The van der Waals surface area contributed by atoms with E-state index in [1.54, 1.807) is 0 Å². The van der Waals surface area contributed by atoms with Gasteiger partial charge in [-0.05, 0) is 45.4 Å². The third kappa shape index (κ3) is 3.26. The zero-order valence-electron chi connectivity index (χ0n) is 17.8. The Bertz CT molecular complexity index is 926. The molecule has 0 aliphatic carbocycles. The van der Waals surface area contributed by atoms with Crippen LogP contribution in [0.2, 0.25) is 16.6 Å². The molecule has 0 bridgehead atoms. The predicted octanol–water partition coefficient (Wildman–Crippen LogP) is 5.01. The molecule has 2 aromatic carbocycles. The molecule has 0 unspecified atom stereocenters. The van der Waals surface area contributed by atoms with Crippen molar-refractivity contribution in [1.29, 1.82) is 0 Å². The molecule has 0 radical (unpaired) electrons. The molecular weight excluding hydrogens is 361 g/mol. The van der Waals surface area contributed by atoms with Gasteiger partial charge in [-0.1, -0.05) is 84.0 Å². The van der Waals surface area contributed by atoms with E-state index in [9.17, 15) is 10.0 Å².